The first-order chi connectivity index (χ1) is 14.0. The minimum Gasteiger partial charge on any atom is -0.497 e. The zero-order valence-electron chi connectivity index (χ0n) is 19.0. The first-order valence-electron chi connectivity index (χ1n) is 10.0. The molecule has 1 aromatic rings. The van der Waals surface area contributed by atoms with E-state index in [1.807, 2.05) is 65.8 Å². The quantitative estimate of drug-likeness (QED) is 0.569. The lowest BCUT2D eigenvalue weighted by atomic mass is 9.98. The van der Waals surface area contributed by atoms with Crippen molar-refractivity contribution < 1.29 is 19.1 Å². The molecule has 30 heavy (non-hydrogen) atoms. The molecule has 0 aliphatic heterocycles. The molecule has 1 aromatic carbocycles. The number of thioether (sulfide) groups is 1. The number of nitrogens with one attached hydrogen (secondary N) is 1. The summed E-state index contributed by atoms with van der Waals surface area (Å²) in [5, 5.41) is 3.02. The average Bonchev–Trinajstić information content (AvgIpc) is 2.64. The van der Waals surface area contributed by atoms with E-state index in [2.05, 4.69) is 5.32 Å². The van der Waals surface area contributed by atoms with Gasteiger partial charge in [0.25, 0.3) is 0 Å². The summed E-state index contributed by atoms with van der Waals surface area (Å²) in [6.07, 6.45) is 0. The number of benzene rings is 1. The summed E-state index contributed by atoms with van der Waals surface area (Å²) in [4.78, 5) is 27.9. The van der Waals surface area contributed by atoms with Crippen LogP contribution in [0, 0.1) is 5.92 Å². The van der Waals surface area contributed by atoms with Gasteiger partial charge < -0.3 is 19.7 Å². The molecular weight excluding hydrogens is 420 g/mol. The predicted octanol–water partition coefficient (Wildman–Crippen LogP) is 4.02. The first-order valence-corrected chi connectivity index (χ1v) is 11.4. The van der Waals surface area contributed by atoms with Crippen molar-refractivity contribution in [2.75, 3.05) is 19.5 Å². The third-order valence-corrected chi connectivity index (χ3v) is 5.36. The second-order valence-corrected chi connectivity index (χ2v) is 9.85. The largest absolute Gasteiger partial charge is 0.497 e. The fraction of sp³-hybridized carbons (Fsp3) is 0.591. The number of carbonyl (C=O) groups excluding carboxylic acids is 2. The summed E-state index contributed by atoms with van der Waals surface area (Å²) in [5.41, 5.74) is 0.514. The van der Waals surface area contributed by atoms with E-state index in [9.17, 15) is 9.59 Å². The fourth-order valence-corrected chi connectivity index (χ4v) is 3.78. The Hall–Kier alpha value is -1.80. The van der Waals surface area contributed by atoms with Crippen LogP contribution in [0.3, 0.4) is 0 Å². The Kier molecular flexibility index (Phi) is 10.6. The maximum Gasteiger partial charge on any atom is 0.243 e. The number of nitrogens with zero attached hydrogens (tertiary/aromatic N) is 1. The van der Waals surface area contributed by atoms with Crippen molar-refractivity contribution >= 4 is 40.2 Å². The molecule has 0 heterocycles. The molecule has 0 aliphatic carbocycles. The molecule has 8 heteroatoms. The van der Waals surface area contributed by atoms with Gasteiger partial charge in [0.05, 0.1) is 19.5 Å². The monoisotopic (exact) mass is 454 g/mol. The van der Waals surface area contributed by atoms with Gasteiger partial charge in [-0.2, -0.15) is 0 Å². The van der Waals surface area contributed by atoms with Gasteiger partial charge in [0, 0.05) is 12.1 Å². The first kappa shape index (κ1) is 26.2. The van der Waals surface area contributed by atoms with Gasteiger partial charge in [0.1, 0.15) is 11.8 Å². The standard InChI is InChI=1S/C22H34N2O4S2/c1-8-28-21(29)30-14-18(25)24(13-16-9-11-17(27-7)12-10-16)19(15(2)3)20(26)23-22(4,5)6/h9-12,15,19H,8,13-14H2,1-7H3,(H,23,26). The Morgan fingerprint density at radius 2 is 1.80 bits per heavy atom. The second kappa shape index (κ2) is 12.2. The molecule has 1 unspecified atom stereocenters. The minimum absolute atomic E-state index is 0.0709. The Bertz CT molecular complexity index is 715. The predicted molar refractivity (Wildman–Crippen MR) is 127 cm³/mol. The molecule has 1 N–H and O–H groups in total. The summed E-state index contributed by atoms with van der Waals surface area (Å²) in [6.45, 7) is 12.3. The highest BCUT2D eigenvalue weighted by Gasteiger charge is 2.34. The summed E-state index contributed by atoms with van der Waals surface area (Å²) in [6, 6.07) is 6.87. The average molecular weight is 455 g/mol. The van der Waals surface area contributed by atoms with Gasteiger partial charge in [0.15, 0.2) is 0 Å². The number of hydrogen-bond acceptors (Lipinski definition) is 6. The molecule has 1 rings (SSSR count). The topological polar surface area (TPSA) is 67.9 Å². The van der Waals surface area contributed by atoms with E-state index in [0.29, 0.717) is 17.5 Å². The van der Waals surface area contributed by atoms with Crippen LogP contribution < -0.4 is 10.1 Å². The highest BCUT2D eigenvalue weighted by Crippen LogP contribution is 2.21. The smallest absolute Gasteiger partial charge is 0.243 e. The van der Waals surface area contributed by atoms with Crippen LogP contribution in [0.2, 0.25) is 0 Å². The van der Waals surface area contributed by atoms with Crippen molar-refractivity contribution in [2.24, 2.45) is 5.92 Å². The summed E-state index contributed by atoms with van der Waals surface area (Å²) >= 11 is 6.31. The Morgan fingerprint density at radius 3 is 2.27 bits per heavy atom. The van der Waals surface area contributed by atoms with Crippen molar-refractivity contribution in [1.29, 1.82) is 0 Å². The van der Waals surface area contributed by atoms with E-state index < -0.39 is 11.6 Å². The number of rotatable bonds is 9. The highest BCUT2D eigenvalue weighted by atomic mass is 32.2. The van der Waals surface area contributed by atoms with Gasteiger partial charge in [-0.3, -0.25) is 9.59 Å². The maximum absolute atomic E-state index is 13.2. The molecule has 6 nitrogen and oxygen atoms in total. The van der Waals surface area contributed by atoms with Gasteiger partial charge in [-0.05, 0) is 63.5 Å². The molecule has 0 bridgehead atoms. The zero-order valence-corrected chi connectivity index (χ0v) is 20.6. The van der Waals surface area contributed by atoms with Crippen molar-refractivity contribution in [3.05, 3.63) is 29.8 Å². The number of ether oxygens (including phenoxy) is 2. The molecule has 168 valence electrons. The van der Waals surface area contributed by atoms with E-state index in [0.717, 1.165) is 11.3 Å². The van der Waals surface area contributed by atoms with Gasteiger partial charge in [-0.15, -0.1) is 0 Å². The van der Waals surface area contributed by atoms with E-state index in [4.69, 9.17) is 21.7 Å². The Morgan fingerprint density at radius 1 is 1.20 bits per heavy atom. The number of thiocarbonyl (C=S) groups is 1. The molecule has 2 amide bonds. The van der Waals surface area contributed by atoms with Crippen LogP contribution in [0.1, 0.15) is 47.1 Å². The Labute approximate surface area is 190 Å². The molecule has 0 saturated carbocycles. The van der Waals surface area contributed by atoms with Crippen LogP contribution in [0.4, 0.5) is 0 Å². The van der Waals surface area contributed by atoms with Crippen LogP contribution >= 0.6 is 24.0 Å². The van der Waals surface area contributed by atoms with Crippen molar-refractivity contribution in [1.82, 2.24) is 10.2 Å². The third-order valence-electron chi connectivity index (χ3n) is 4.14. The van der Waals surface area contributed by atoms with Gasteiger partial charge >= 0.3 is 0 Å². The molecule has 0 saturated heterocycles. The molecule has 0 spiro atoms. The highest BCUT2D eigenvalue weighted by molar-refractivity contribution is 8.23. The molecule has 0 radical (unpaired) electrons. The van der Waals surface area contributed by atoms with Crippen LogP contribution in [0.5, 0.6) is 5.75 Å². The lowest BCUT2D eigenvalue weighted by Gasteiger charge is -2.35. The maximum atomic E-state index is 13.2. The SMILES string of the molecule is CCOC(=S)SCC(=O)N(Cc1ccc(OC)cc1)C(C(=O)NC(C)(C)C)C(C)C. The van der Waals surface area contributed by atoms with Crippen LogP contribution in [0.25, 0.3) is 0 Å². The second-order valence-electron chi connectivity index (χ2n) is 8.27. The number of amides is 2. The Balaban J connectivity index is 3.15. The zero-order chi connectivity index (χ0) is 22.9. The third kappa shape index (κ3) is 8.92. The van der Waals surface area contributed by atoms with Crippen LogP contribution in [-0.2, 0) is 20.9 Å². The van der Waals surface area contributed by atoms with E-state index in [1.54, 1.807) is 12.0 Å². The summed E-state index contributed by atoms with van der Waals surface area (Å²) in [5.74, 6) is 0.442. The molecule has 0 aliphatic rings. The number of methoxy groups -OCH3 is 1. The van der Waals surface area contributed by atoms with Crippen molar-refractivity contribution in [2.45, 2.75) is 59.7 Å². The number of hydrogen-bond donors (Lipinski definition) is 1. The van der Waals surface area contributed by atoms with E-state index in [-0.39, 0.29) is 23.5 Å². The fourth-order valence-electron chi connectivity index (χ4n) is 2.88. The number of carbonyl (C=O) groups is 2. The van der Waals surface area contributed by atoms with Crippen LogP contribution in [-0.4, -0.2) is 52.1 Å². The van der Waals surface area contributed by atoms with Gasteiger partial charge in [-0.1, -0.05) is 37.7 Å². The van der Waals surface area contributed by atoms with Crippen molar-refractivity contribution in [3.63, 3.8) is 0 Å². The van der Waals surface area contributed by atoms with E-state index in [1.165, 1.54) is 11.8 Å². The van der Waals surface area contributed by atoms with Gasteiger partial charge in [0.2, 0.25) is 16.2 Å². The molecule has 0 aromatic heterocycles. The van der Waals surface area contributed by atoms with E-state index >= 15 is 0 Å². The summed E-state index contributed by atoms with van der Waals surface area (Å²) in [7, 11) is 1.61. The normalized spacial score (nSPS) is 12.3. The van der Waals surface area contributed by atoms with Crippen molar-refractivity contribution in [3.8, 4) is 5.75 Å². The lowest BCUT2D eigenvalue weighted by molar-refractivity contribution is -0.141. The molecule has 1 atom stereocenters. The van der Waals surface area contributed by atoms with Gasteiger partial charge in [-0.25, -0.2) is 0 Å². The summed E-state index contributed by atoms with van der Waals surface area (Å²) < 4.78 is 10.8. The molecule has 0 fully saturated rings. The van der Waals surface area contributed by atoms with Crippen LogP contribution in [0.15, 0.2) is 24.3 Å². The lowest BCUT2D eigenvalue weighted by Crippen LogP contribution is -2.56. The molecular formula is C22H34N2O4S2. The minimum atomic E-state index is -0.611.